The standard InChI is InChI=1S/C11H21NO/c1-3-8(2)11(13)9-6-4-5-7-10(9)12/h8-10H,3-7,12H2,1-2H3. The molecule has 2 nitrogen and oxygen atoms in total. The zero-order valence-corrected chi connectivity index (χ0v) is 8.75. The fourth-order valence-corrected chi connectivity index (χ4v) is 2.08. The highest BCUT2D eigenvalue weighted by molar-refractivity contribution is 5.83. The Morgan fingerprint density at radius 3 is 2.62 bits per heavy atom. The molecule has 0 bridgehead atoms. The number of ketones is 1. The van der Waals surface area contributed by atoms with Crippen molar-refractivity contribution >= 4 is 5.78 Å². The van der Waals surface area contributed by atoms with E-state index in [1.807, 2.05) is 6.92 Å². The number of nitrogens with two attached hydrogens (primary N) is 1. The van der Waals surface area contributed by atoms with Crippen LogP contribution in [0.25, 0.3) is 0 Å². The van der Waals surface area contributed by atoms with E-state index in [2.05, 4.69) is 6.92 Å². The summed E-state index contributed by atoms with van der Waals surface area (Å²) in [6, 6.07) is 0.134. The highest BCUT2D eigenvalue weighted by Gasteiger charge is 2.30. The predicted molar refractivity (Wildman–Crippen MR) is 54.4 cm³/mol. The zero-order chi connectivity index (χ0) is 9.84. The Morgan fingerprint density at radius 1 is 1.46 bits per heavy atom. The summed E-state index contributed by atoms with van der Waals surface area (Å²) in [5.41, 5.74) is 5.95. The van der Waals surface area contributed by atoms with Crippen LogP contribution in [0.1, 0.15) is 46.0 Å². The molecule has 0 spiro atoms. The third-order valence-electron chi connectivity index (χ3n) is 3.28. The van der Waals surface area contributed by atoms with E-state index >= 15 is 0 Å². The van der Waals surface area contributed by atoms with E-state index in [4.69, 9.17) is 5.73 Å². The minimum atomic E-state index is 0.134. The van der Waals surface area contributed by atoms with E-state index in [0.717, 1.165) is 19.3 Å². The quantitative estimate of drug-likeness (QED) is 0.728. The van der Waals surface area contributed by atoms with Gasteiger partial charge in [0.15, 0.2) is 0 Å². The first-order valence-electron chi connectivity index (χ1n) is 5.46. The molecule has 0 aromatic heterocycles. The molecule has 0 aromatic rings. The number of hydrogen-bond acceptors (Lipinski definition) is 2. The van der Waals surface area contributed by atoms with Crippen LogP contribution in [0.2, 0.25) is 0 Å². The largest absolute Gasteiger partial charge is 0.327 e. The van der Waals surface area contributed by atoms with E-state index in [1.165, 1.54) is 12.8 Å². The highest BCUT2D eigenvalue weighted by atomic mass is 16.1. The summed E-state index contributed by atoms with van der Waals surface area (Å²) in [6.45, 7) is 4.08. The van der Waals surface area contributed by atoms with Crippen molar-refractivity contribution in [2.75, 3.05) is 0 Å². The molecule has 0 saturated heterocycles. The average molecular weight is 183 g/mol. The third kappa shape index (κ3) is 2.53. The van der Waals surface area contributed by atoms with Gasteiger partial charge in [-0.3, -0.25) is 4.79 Å². The van der Waals surface area contributed by atoms with Crippen molar-refractivity contribution in [1.82, 2.24) is 0 Å². The van der Waals surface area contributed by atoms with Crippen molar-refractivity contribution in [2.45, 2.75) is 52.0 Å². The first-order chi connectivity index (χ1) is 6.16. The molecule has 2 heteroatoms. The molecule has 1 rings (SSSR count). The number of Topliss-reactive ketones (excluding diaryl/α,β-unsaturated/α-hetero) is 1. The minimum absolute atomic E-state index is 0.134. The van der Waals surface area contributed by atoms with E-state index in [1.54, 1.807) is 0 Å². The van der Waals surface area contributed by atoms with Gasteiger partial charge in [-0.1, -0.05) is 26.7 Å². The summed E-state index contributed by atoms with van der Waals surface area (Å²) >= 11 is 0. The second kappa shape index (κ2) is 4.75. The second-order valence-electron chi connectivity index (χ2n) is 4.27. The van der Waals surface area contributed by atoms with Crippen molar-refractivity contribution in [2.24, 2.45) is 17.6 Å². The van der Waals surface area contributed by atoms with Crippen molar-refractivity contribution < 1.29 is 4.79 Å². The lowest BCUT2D eigenvalue weighted by atomic mass is 9.78. The van der Waals surface area contributed by atoms with Crippen LogP contribution in [0.3, 0.4) is 0 Å². The average Bonchev–Trinajstić information content (AvgIpc) is 2.16. The van der Waals surface area contributed by atoms with Gasteiger partial charge in [0.2, 0.25) is 0 Å². The molecule has 1 aliphatic carbocycles. The van der Waals surface area contributed by atoms with Crippen molar-refractivity contribution in [3.05, 3.63) is 0 Å². The molecule has 0 aliphatic heterocycles. The molecule has 1 fully saturated rings. The highest BCUT2D eigenvalue weighted by Crippen LogP contribution is 2.26. The summed E-state index contributed by atoms with van der Waals surface area (Å²) in [6.07, 6.45) is 5.38. The van der Waals surface area contributed by atoms with Crippen molar-refractivity contribution in [1.29, 1.82) is 0 Å². The SMILES string of the molecule is CCC(C)C(=O)C1CCCCC1N. The molecular formula is C11H21NO. The number of carbonyl (C=O) groups is 1. The van der Waals surface area contributed by atoms with Gasteiger partial charge in [-0.15, -0.1) is 0 Å². The van der Waals surface area contributed by atoms with Crippen LogP contribution in [0.5, 0.6) is 0 Å². The van der Waals surface area contributed by atoms with Gasteiger partial charge in [-0.25, -0.2) is 0 Å². The van der Waals surface area contributed by atoms with Crippen LogP contribution in [-0.2, 0) is 4.79 Å². The van der Waals surface area contributed by atoms with Gasteiger partial charge < -0.3 is 5.73 Å². The second-order valence-corrected chi connectivity index (χ2v) is 4.27. The summed E-state index contributed by atoms with van der Waals surface area (Å²) in [5, 5.41) is 0. The zero-order valence-electron chi connectivity index (χ0n) is 8.75. The molecule has 3 atom stereocenters. The van der Waals surface area contributed by atoms with Gasteiger partial charge in [0.05, 0.1) is 0 Å². The number of hydrogen-bond donors (Lipinski definition) is 1. The Hall–Kier alpha value is -0.370. The van der Waals surface area contributed by atoms with E-state index in [0.29, 0.717) is 5.78 Å². The first kappa shape index (κ1) is 10.7. The van der Waals surface area contributed by atoms with Crippen LogP contribution in [0.15, 0.2) is 0 Å². The topological polar surface area (TPSA) is 43.1 Å². The Kier molecular flexibility index (Phi) is 3.91. The summed E-state index contributed by atoms with van der Waals surface area (Å²) in [5.74, 6) is 0.757. The Labute approximate surface area is 80.9 Å². The van der Waals surface area contributed by atoms with Crippen molar-refractivity contribution in [3.8, 4) is 0 Å². The third-order valence-corrected chi connectivity index (χ3v) is 3.28. The molecule has 0 aromatic carbocycles. The smallest absolute Gasteiger partial charge is 0.140 e. The van der Waals surface area contributed by atoms with Crippen LogP contribution in [0, 0.1) is 11.8 Å². The molecule has 13 heavy (non-hydrogen) atoms. The molecule has 0 radical (unpaired) electrons. The number of carbonyl (C=O) groups excluding carboxylic acids is 1. The lowest BCUT2D eigenvalue weighted by molar-refractivity contribution is -0.127. The molecule has 3 unspecified atom stereocenters. The maximum absolute atomic E-state index is 11.9. The van der Waals surface area contributed by atoms with Gasteiger partial charge >= 0.3 is 0 Å². The molecule has 2 N–H and O–H groups in total. The maximum Gasteiger partial charge on any atom is 0.140 e. The number of rotatable bonds is 3. The molecule has 0 heterocycles. The summed E-state index contributed by atoms with van der Waals surface area (Å²) in [4.78, 5) is 11.9. The minimum Gasteiger partial charge on any atom is -0.327 e. The fraction of sp³-hybridized carbons (Fsp3) is 0.909. The Morgan fingerprint density at radius 2 is 2.08 bits per heavy atom. The van der Waals surface area contributed by atoms with Gasteiger partial charge in [-0.2, -0.15) is 0 Å². The van der Waals surface area contributed by atoms with Crippen LogP contribution in [-0.4, -0.2) is 11.8 Å². The predicted octanol–water partition coefficient (Wildman–Crippen LogP) is 2.12. The summed E-state index contributed by atoms with van der Waals surface area (Å²) < 4.78 is 0. The van der Waals surface area contributed by atoms with Gasteiger partial charge in [0, 0.05) is 17.9 Å². The van der Waals surface area contributed by atoms with E-state index in [-0.39, 0.29) is 17.9 Å². The fourth-order valence-electron chi connectivity index (χ4n) is 2.08. The molecule has 0 amide bonds. The lowest BCUT2D eigenvalue weighted by Crippen LogP contribution is -2.40. The van der Waals surface area contributed by atoms with E-state index in [9.17, 15) is 4.79 Å². The molecule has 76 valence electrons. The van der Waals surface area contributed by atoms with Crippen LogP contribution >= 0.6 is 0 Å². The van der Waals surface area contributed by atoms with Gasteiger partial charge in [0.25, 0.3) is 0 Å². The molecule has 1 aliphatic rings. The van der Waals surface area contributed by atoms with Crippen molar-refractivity contribution in [3.63, 3.8) is 0 Å². The van der Waals surface area contributed by atoms with Gasteiger partial charge in [0.1, 0.15) is 5.78 Å². The lowest BCUT2D eigenvalue weighted by Gasteiger charge is -2.29. The molecular weight excluding hydrogens is 162 g/mol. The Balaban J connectivity index is 2.53. The summed E-state index contributed by atoms with van der Waals surface area (Å²) in [7, 11) is 0. The van der Waals surface area contributed by atoms with Crippen LogP contribution < -0.4 is 5.73 Å². The first-order valence-corrected chi connectivity index (χ1v) is 5.46. The normalized spacial score (nSPS) is 31.3. The molecule has 1 saturated carbocycles. The monoisotopic (exact) mass is 183 g/mol. The maximum atomic E-state index is 11.9. The Bertz CT molecular complexity index is 179. The van der Waals surface area contributed by atoms with Gasteiger partial charge in [-0.05, 0) is 19.3 Å². The van der Waals surface area contributed by atoms with E-state index < -0.39 is 0 Å². The van der Waals surface area contributed by atoms with Crippen LogP contribution in [0.4, 0.5) is 0 Å².